The zero-order valence-electron chi connectivity index (χ0n) is 11.9. The van der Waals surface area contributed by atoms with Gasteiger partial charge in [0.15, 0.2) is 0 Å². The Hall–Kier alpha value is -1.35. The normalized spacial score (nSPS) is 20.5. The number of benzene rings is 1. The first-order chi connectivity index (χ1) is 9.20. The summed E-state index contributed by atoms with van der Waals surface area (Å²) in [6, 6.07) is 10.3. The average Bonchev–Trinajstić information content (AvgIpc) is 2.89. The summed E-state index contributed by atoms with van der Waals surface area (Å²) in [5, 5.41) is 3.20. The van der Waals surface area contributed by atoms with Crippen LogP contribution in [0.15, 0.2) is 30.3 Å². The number of hydrogen-bond donors (Lipinski definition) is 1. The molecule has 104 valence electrons. The highest BCUT2D eigenvalue weighted by molar-refractivity contribution is 5.77. The molecule has 1 fully saturated rings. The van der Waals surface area contributed by atoms with Gasteiger partial charge in [-0.2, -0.15) is 0 Å². The van der Waals surface area contributed by atoms with Gasteiger partial charge in [-0.15, -0.1) is 0 Å². The fraction of sp³-hybridized carbons (Fsp3) is 0.562. The van der Waals surface area contributed by atoms with Crippen LogP contribution in [0.4, 0.5) is 0 Å². The summed E-state index contributed by atoms with van der Waals surface area (Å²) in [7, 11) is 1.97. The molecule has 0 saturated carbocycles. The fourth-order valence-electron chi connectivity index (χ4n) is 2.80. The summed E-state index contributed by atoms with van der Waals surface area (Å²) >= 11 is 0. The van der Waals surface area contributed by atoms with E-state index in [2.05, 4.69) is 24.4 Å². The molecule has 19 heavy (non-hydrogen) atoms. The Bertz CT molecular complexity index is 404. The molecule has 1 heterocycles. The van der Waals surface area contributed by atoms with Crippen molar-refractivity contribution in [3.05, 3.63) is 35.9 Å². The van der Waals surface area contributed by atoms with Crippen molar-refractivity contribution in [2.45, 2.75) is 25.7 Å². The van der Waals surface area contributed by atoms with E-state index in [-0.39, 0.29) is 0 Å². The van der Waals surface area contributed by atoms with Gasteiger partial charge in [0, 0.05) is 19.5 Å². The third-order valence-corrected chi connectivity index (χ3v) is 3.98. The van der Waals surface area contributed by atoms with Gasteiger partial charge in [-0.1, -0.05) is 37.3 Å². The molecule has 0 aliphatic carbocycles. The van der Waals surface area contributed by atoms with Crippen LogP contribution in [0.5, 0.6) is 0 Å². The number of likely N-dealkylation sites (tertiary alicyclic amines) is 1. The topological polar surface area (TPSA) is 32.3 Å². The van der Waals surface area contributed by atoms with Crippen LogP contribution in [0.2, 0.25) is 0 Å². The first-order valence-corrected chi connectivity index (χ1v) is 7.18. The monoisotopic (exact) mass is 260 g/mol. The van der Waals surface area contributed by atoms with E-state index in [4.69, 9.17) is 0 Å². The molecule has 2 atom stereocenters. The predicted molar refractivity (Wildman–Crippen MR) is 78.1 cm³/mol. The van der Waals surface area contributed by atoms with Crippen molar-refractivity contribution < 1.29 is 4.79 Å². The molecule has 0 bridgehead atoms. The molecule has 3 heteroatoms. The lowest BCUT2D eigenvalue weighted by atomic mass is 9.97. The van der Waals surface area contributed by atoms with Crippen LogP contribution in [-0.2, 0) is 4.79 Å². The molecule has 0 aromatic heterocycles. The highest BCUT2D eigenvalue weighted by atomic mass is 16.2. The molecule has 1 aliphatic heterocycles. The molecule has 1 amide bonds. The van der Waals surface area contributed by atoms with Crippen LogP contribution in [0.1, 0.15) is 31.2 Å². The predicted octanol–water partition coefficient (Wildman–Crippen LogP) is 2.25. The Balaban J connectivity index is 1.85. The van der Waals surface area contributed by atoms with Crippen LogP contribution in [0.25, 0.3) is 0 Å². The van der Waals surface area contributed by atoms with Gasteiger partial charge >= 0.3 is 0 Å². The molecule has 2 unspecified atom stereocenters. The Morgan fingerprint density at radius 1 is 1.42 bits per heavy atom. The van der Waals surface area contributed by atoms with Gasteiger partial charge in [0.2, 0.25) is 5.91 Å². The molecule has 1 N–H and O–H groups in total. The van der Waals surface area contributed by atoms with E-state index in [1.165, 1.54) is 5.56 Å². The molecule has 1 saturated heterocycles. The second-order valence-electron chi connectivity index (χ2n) is 5.57. The minimum atomic E-state index is 0.301. The molecule has 2 rings (SSSR count). The van der Waals surface area contributed by atoms with E-state index >= 15 is 0 Å². The quantitative estimate of drug-likeness (QED) is 0.880. The van der Waals surface area contributed by atoms with E-state index in [0.717, 1.165) is 26.1 Å². The Kier molecular flexibility index (Phi) is 4.97. The number of carbonyl (C=O) groups excluding carboxylic acids is 1. The third kappa shape index (κ3) is 3.80. The summed E-state index contributed by atoms with van der Waals surface area (Å²) in [5.41, 5.74) is 1.25. The van der Waals surface area contributed by atoms with Crippen LogP contribution in [-0.4, -0.2) is 37.5 Å². The largest absolute Gasteiger partial charge is 0.342 e. The van der Waals surface area contributed by atoms with Gasteiger partial charge in [0.05, 0.1) is 0 Å². The molecule has 1 aromatic carbocycles. The second-order valence-corrected chi connectivity index (χ2v) is 5.57. The van der Waals surface area contributed by atoms with Crippen molar-refractivity contribution in [3.63, 3.8) is 0 Å². The second kappa shape index (κ2) is 6.71. The lowest BCUT2D eigenvalue weighted by Crippen LogP contribution is -2.31. The van der Waals surface area contributed by atoms with Crippen LogP contribution in [0, 0.1) is 5.92 Å². The summed E-state index contributed by atoms with van der Waals surface area (Å²) in [6.07, 6.45) is 1.75. The maximum absolute atomic E-state index is 12.3. The maximum Gasteiger partial charge on any atom is 0.223 e. The number of amides is 1. The van der Waals surface area contributed by atoms with Gasteiger partial charge in [-0.05, 0) is 37.4 Å². The van der Waals surface area contributed by atoms with Gasteiger partial charge in [0.25, 0.3) is 0 Å². The van der Waals surface area contributed by atoms with E-state index in [1.807, 2.05) is 30.1 Å². The first-order valence-electron chi connectivity index (χ1n) is 7.18. The van der Waals surface area contributed by atoms with E-state index in [1.54, 1.807) is 0 Å². The Morgan fingerprint density at radius 3 is 2.84 bits per heavy atom. The zero-order chi connectivity index (χ0) is 13.7. The number of carbonyl (C=O) groups is 1. The number of rotatable bonds is 5. The molecule has 1 aliphatic rings. The van der Waals surface area contributed by atoms with Crippen molar-refractivity contribution in [2.75, 3.05) is 26.7 Å². The molecule has 0 radical (unpaired) electrons. The van der Waals surface area contributed by atoms with Crippen LogP contribution >= 0.6 is 0 Å². The fourth-order valence-corrected chi connectivity index (χ4v) is 2.80. The Labute approximate surface area is 116 Å². The summed E-state index contributed by atoms with van der Waals surface area (Å²) in [5.74, 6) is 1.23. The van der Waals surface area contributed by atoms with Gasteiger partial charge in [-0.3, -0.25) is 4.79 Å². The van der Waals surface area contributed by atoms with Gasteiger partial charge < -0.3 is 10.2 Å². The van der Waals surface area contributed by atoms with Gasteiger partial charge in [-0.25, -0.2) is 0 Å². The minimum absolute atomic E-state index is 0.301. The van der Waals surface area contributed by atoms with Crippen molar-refractivity contribution in [1.82, 2.24) is 10.2 Å². The van der Waals surface area contributed by atoms with E-state index in [0.29, 0.717) is 24.2 Å². The SMILES string of the molecule is CNCC1CCN(C(=O)CC(C)c2ccccc2)C1. The highest BCUT2D eigenvalue weighted by Gasteiger charge is 2.26. The summed E-state index contributed by atoms with van der Waals surface area (Å²) < 4.78 is 0. The lowest BCUT2D eigenvalue weighted by molar-refractivity contribution is -0.130. The molecular formula is C16H24N2O. The molecule has 3 nitrogen and oxygen atoms in total. The van der Waals surface area contributed by atoms with E-state index in [9.17, 15) is 4.79 Å². The zero-order valence-corrected chi connectivity index (χ0v) is 11.9. The van der Waals surface area contributed by atoms with Crippen molar-refractivity contribution in [3.8, 4) is 0 Å². The average molecular weight is 260 g/mol. The maximum atomic E-state index is 12.3. The highest BCUT2D eigenvalue weighted by Crippen LogP contribution is 2.22. The third-order valence-electron chi connectivity index (χ3n) is 3.98. The lowest BCUT2D eigenvalue weighted by Gasteiger charge is -2.19. The first kappa shape index (κ1) is 14.1. The van der Waals surface area contributed by atoms with E-state index < -0.39 is 0 Å². The standard InChI is InChI=1S/C16H24N2O/c1-13(15-6-4-3-5-7-15)10-16(19)18-9-8-14(12-18)11-17-2/h3-7,13-14,17H,8-12H2,1-2H3. The Morgan fingerprint density at radius 2 is 2.16 bits per heavy atom. The summed E-state index contributed by atoms with van der Waals surface area (Å²) in [6.45, 7) is 4.99. The summed E-state index contributed by atoms with van der Waals surface area (Å²) in [4.78, 5) is 14.3. The smallest absolute Gasteiger partial charge is 0.223 e. The van der Waals surface area contributed by atoms with Crippen molar-refractivity contribution >= 4 is 5.91 Å². The van der Waals surface area contributed by atoms with Crippen LogP contribution in [0.3, 0.4) is 0 Å². The number of nitrogens with zero attached hydrogens (tertiary/aromatic N) is 1. The van der Waals surface area contributed by atoms with Crippen LogP contribution < -0.4 is 5.32 Å². The molecular weight excluding hydrogens is 236 g/mol. The molecule has 0 spiro atoms. The number of hydrogen-bond acceptors (Lipinski definition) is 2. The van der Waals surface area contributed by atoms with Gasteiger partial charge in [0.1, 0.15) is 0 Å². The molecule has 1 aromatic rings. The number of nitrogens with one attached hydrogen (secondary N) is 1. The van der Waals surface area contributed by atoms with Crippen molar-refractivity contribution in [1.29, 1.82) is 0 Å². The minimum Gasteiger partial charge on any atom is -0.342 e. The van der Waals surface area contributed by atoms with Crippen molar-refractivity contribution in [2.24, 2.45) is 5.92 Å².